The van der Waals surface area contributed by atoms with Crippen LogP contribution in [0.4, 0.5) is 0 Å². The second-order valence-electron chi connectivity index (χ2n) is 2.41. The van der Waals surface area contributed by atoms with Crippen LogP contribution in [0.1, 0.15) is 6.42 Å². The van der Waals surface area contributed by atoms with Gasteiger partial charge in [-0.3, -0.25) is 4.79 Å². The molecule has 1 rings (SSSR count). The fourth-order valence-electron chi connectivity index (χ4n) is 0.981. The number of carbonyl (C=O) groups is 2. The van der Waals surface area contributed by atoms with Gasteiger partial charge in [-0.25, -0.2) is 14.6 Å². The quantitative estimate of drug-likeness (QED) is 0.550. The molecule has 0 aromatic carbocycles. The van der Waals surface area contributed by atoms with Gasteiger partial charge in [-0.1, -0.05) is 0 Å². The Morgan fingerprint density at radius 1 is 1.25 bits per heavy atom. The van der Waals surface area contributed by atoms with Crippen molar-refractivity contribution in [1.29, 1.82) is 0 Å². The number of carboxylic acids is 2. The van der Waals surface area contributed by atoms with Crippen LogP contribution in [0.15, 0.2) is 0 Å². The van der Waals surface area contributed by atoms with Crippen LogP contribution in [0.25, 0.3) is 0 Å². The fraction of sp³-hybridized carbons (Fsp3) is 0.667. The zero-order valence-electron chi connectivity index (χ0n) is 6.10. The molecule has 2 atom stereocenters. The Labute approximate surface area is 67.6 Å². The van der Waals surface area contributed by atoms with Crippen molar-refractivity contribution in [2.75, 3.05) is 6.61 Å². The van der Waals surface area contributed by atoms with Crippen molar-refractivity contribution in [3.8, 4) is 0 Å². The number of carboxylic acid groups (broad SMARTS) is 2. The average molecular weight is 176 g/mol. The summed E-state index contributed by atoms with van der Waals surface area (Å²) in [5, 5.41) is 17.0. The van der Waals surface area contributed by atoms with Crippen molar-refractivity contribution < 1.29 is 29.6 Å². The summed E-state index contributed by atoms with van der Waals surface area (Å²) in [5.41, 5.74) is 0. The highest BCUT2D eigenvalue weighted by Gasteiger charge is 2.38. The predicted molar refractivity (Wildman–Crippen MR) is 34.2 cm³/mol. The van der Waals surface area contributed by atoms with Crippen molar-refractivity contribution in [1.82, 2.24) is 0 Å². The van der Waals surface area contributed by atoms with Gasteiger partial charge in [0.25, 0.3) is 0 Å². The van der Waals surface area contributed by atoms with Crippen molar-refractivity contribution in [3.05, 3.63) is 0 Å². The summed E-state index contributed by atoms with van der Waals surface area (Å²) < 4.78 is 0. The standard InChI is InChI=1S/C6H8O6/c7-5(8)3-1-2-11-12-4(3)6(9)10/h3-4H,1-2H2,(H,7,8)(H,9,10). The van der Waals surface area contributed by atoms with Crippen LogP contribution >= 0.6 is 0 Å². The number of hydrogen-bond donors (Lipinski definition) is 2. The van der Waals surface area contributed by atoms with Crippen LogP contribution in [0.5, 0.6) is 0 Å². The topological polar surface area (TPSA) is 93.1 Å². The smallest absolute Gasteiger partial charge is 0.337 e. The minimum Gasteiger partial charge on any atom is -0.481 e. The molecule has 0 saturated carbocycles. The molecule has 68 valence electrons. The molecule has 0 radical (unpaired) electrons. The molecule has 12 heavy (non-hydrogen) atoms. The van der Waals surface area contributed by atoms with Gasteiger partial charge in [0.1, 0.15) is 0 Å². The lowest BCUT2D eigenvalue weighted by molar-refractivity contribution is -0.349. The van der Waals surface area contributed by atoms with E-state index in [0.29, 0.717) is 0 Å². The van der Waals surface area contributed by atoms with Crippen LogP contribution < -0.4 is 0 Å². The van der Waals surface area contributed by atoms with Gasteiger partial charge in [0.15, 0.2) is 0 Å². The lowest BCUT2D eigenvalue weighted by Crippen LogP contribution is -2.41. The molecule has 1 aliphatic rings. The second kappa shape index (κ2) is 3.51. The Bertz CT molecular complexity index is 178. The highest BCUT2D eigenvalue weighted by Crippen LogP contribution is 2.18. The van der Waals surface area contributed by atoms with Gasteiger partial charge < -0.3 is 10.2 Å². The molecule has 1 heterocycles. The molecule has 6 heteroatoms. The first-order valence-electron chi connectivity index (χ1n) is 3.37. The van der Waals surface area contributed by atoms with E-state index in [-0.39, 0.29) is 13.0 Å². The summed E-state index contributed by atoms with van der Waals surface area (Å²) in [6.45, 7) is 0.112. The molecule has 1 fully saturated rings. The van der Waals surface area contributed by atoms with E-state index in [4.69, 9.17) is 10.2 Å². The maximum absolute atomic E-state index is 10.5. The monoisotopic (exact) mass is 176 g/mol. The highest BCUT2D eigenvalue weighted by molar-refractivity contribution is 5.81. The van der Waals surface area contributed by atoms with Gasteiger partial charge >= 0.3 is 11.9 Å². The molecular formula is C6H8O6. The molecule has 0 spiro atoms. The SMILES string of the molecule is O=C(O)C1CCOOC1C(=O)O. The minimum absolute atomic E-state index is 0.112. The van der Waals surface area contributed by atoms with Crippen molar-refractivity contribution in [3.63, 3.8) is 0 Å². The van der Waals surface area contributed by atoms with Crippen LogP contribution in [0.3, 0.4) is 0 Å². The summed E-state index contributed by atoms with van der Waals surface area (Å²) in [5.74, 6) is -3.51. The van der Waals surface area contributed by atoms with Crippen LogP contribution in [-0.4, -0.2) is 34.9 Å². The summed E-state index contributed by atoms with van der Waals surface area (Å²) in [6, 6.07) is 0. The van der Waals surface area contributed by atoms with E-state index in [9.17, 15) is 9.59 Å². The van der Waals surface area contributed by atoms with Gasteiger partial charge in [0.2, 0.25) is 6.10 Å². The predicted octanol–water partition coefficient (Wildman–Crippen LogP) is -0.508. The van der Waals surface area contributed by atoms with Gasteiger partial charge in [0.05, 0.1) is 12.5 Å². The average Bonchev–Trinajstić information content (AvgIpc) is 2.04. The highest BCUT2D eigenvalue weighted by atomic mass is 17.2. The third-order valence-electron chi connectivity index (χ3n) is 1.61. The number of hydrogen-bond acceptors (Lipinski definition) is 4. The van der Waals surface area contributed by atoms with Gasteiger partial charge in [-0.15, -0.1) is 0 Å². The van der Waals surface area contributed by atoms with E-state index in [1.165, 1.54) is 0 Å². The lowest BCUT2D eigenvalue weighted by Gasteiger charge is -2.23. The summed E-state index contributed by atoms with van der Waals surface area (Å²) in [7, 11) is 0. The third kappa shape index (κ3) is 1.72. The fourth-order valence-corrected chi connectivity index (χ4v) is 0.981. The summed E-state index contributed by atoms with van der Waals surface area (Å²) in [4.78, 5) is 29.6. The Morgan fingerprint density at radius 2 is 1.92 bits per heavy atom. The maximum Gasteiger partial charge on any atom is 0.337 e. The van der Waals surface area contributed by atoms with E-state index < -0.39 is 24.0 Å². The molecule has 0 aromatic heterocycles. The molecule has 0 aromatic rings. The number of aliphatic carboxylic acids is 2. The Morgan fingerprint density at radius 3 is 2.33 bits per heavy atom. The normalized spacial score (nSPS) is 29.7. The van der Waals surface area contributed by atoms with E-state index in [1.807, 2.05) is 0 Å². The summed E-state index contributed by atoms with van der Waals surface area (Å²) >= 11 is 0. The van der Waals surface area contributed by atoms with Gasteiger partial charge in [-0.2, -0.15) is 0 Å². The largest absolute Gasteiger partial charge is 0.481 e. The van der Waals surface area contributed by atoms with Gasteiger partial charge in [-0.05, 0) is 6.42 Å². The Hall–Kier alpha value is -1.14. The molecule has 2 N–H and O–H groups in total. The zero-order valence-corrected chi connectivity index (χ0v) is 6.10. The Balaban J connectivity index is 2.67. The second-order valence-corrected chi connectivity index (χ2v) is 2.41. The maximum atomic E-state index is 10.5. The van der Waals surface area contributed by atoms with E-state index >= 15 is 0 Å². The van der Waals surface area contributed by atoms with E-state index in [2.05, 4.69) is 9.78 Å². The zero-order chi connectivity index (χ0) is 9.14. The minimum atomic E-state index is -1.39. The lowest BCUT2D eigenvalue weighted by atomic mass is 9.99. The summed E-state index contributed by atoms with van der Waals surface area (Å²) in [6.07, 6.45) is -1.23. The molecule has 6 nitrogen and oxygen atoms in total. The van der Waals surface area contributed by atoms with Crippen molar-refractivity contribution >= 4 is 11.9 Å². The Kier molecular flexibility index (Phi) is 2.61. The van der Waals surface area contributed by atoms with E-state index in [0.717, 1.165) is 0 Å². The first-order valence-corrected chi connectivity index (χ1v) is 3.37. The van der Waals surface area contributed by atoms with Gasteiger partial charge in [0, 0.05) is 0 Å². The van der Waals surface area contributed by atoms with Crippen molar-refractivity contribution in [2.45, 2.75) is 12.5 Å². The first-order chi connectivity index (χ1) is 5.63. The van der Waals surface area contributed by atoms with Crippen LogP contribution in [-0.2, 0) is 19.4 Å². The van der Waals surface area contributed by atoms with Crippen LogP contribution in [0.2, 0.25) is 0 Å². The molecule has 1 saturated heterocycles. The molecular weight excluding hydrogens is 168 g/mol. The van der Waals surface area contributed by atoms with Crippen molar-refractivity contribution in [2.24, 2.45) is 5.92 Å². The molecule has 0 bridgehead atoms. The van der Waals surface area contributed by atoms with Crippen LogP contribution in [0, 0.1) is 5.92 Å². The number of rotatable bonds is 2. The van der Waals surface area contributed by atoms with E-state index in [1.54, 1.807) is 0 Å². The molecule has 0 amide bonds. The third-order valence-corrected chi connectivity index (χ3v) is 1.61. The molecule has 2 unspecified atom stereocenters. The molecule has 0 aliphatic carbocycles. The molecule has 1 aliphatic heterocycles. The first kappa shape index (κ1) is 8.95.